The van der Waals surface area contributed by atoms with E-state index in [9.17, 15) is 0 Å². The molecular weight excluding hydrogens is 226 g/mol. The van der Waals surface area contributed by atoms with Crippen molar-refractivity contribution in [2.45, 2.75) is 32.7 Å². The molecule has 0 amide bonds. The van der Waals surface area contributed by atoms with Crippen molar-refractivity contribution in [1.29, 1.82) is 0 Å². The molecule has 2 N–H and O–H groups in total. The van der Waals surface area contributed by atoms with Gasteiger partial charge in [0.1, 0.15) is 17.5 Å². The molecule has 1 saturated heterocycles. The molecule has 0 spiro atoms. The fourth-order valence-electron chi connectivity index (χ4n) is 2.26. The first-order chi connectivity index (χ1) is 8.72. The average molecular weight is 249 g/mol. The molecule has 18 heavy (non-hydrogen) atoms. The lowest BCUT2D eigenvalue weighted by molar-refractivity contribution is 0.616. The third kappa shape index (κ3) is 3.10. The molecule has 0 aliphatic carbocycles. The Morgan fingerprint density at radius 1 is 1.44 bits per heavy atom. The Morgan fingerprint density at radius 2 is 2.28 bits per heavy atom. The molecule has 1 aromatic rings. The van der Waals surface area contributed by atoms with Crippen LogP contribution < -0.4 is 15.5 Å². The Bertz CT molecular complexity index is 393. The second-order valence-corrected chi connectivity index (χ2v) is 4.81. The molecule has 1 atom stereocenters. The van der Waals surface area contributed by atoms with Crippen LogP contribution in [0.25, 0.3) is 0 Å². The van der Waals surface area contributed by atoms with Gasteiger partial charge in [-0.3, -0.25) is 0 Å². The molecule has 100 valence electrons. The summed E-state index contributed by atoms with van der Waals surface area (Å²) in [6.07, 6.45) is 2.28. The third-order valence-corrected chi connectivity index (χ3v) is 3.30. The van der Waals surface area contributed by atoms with Crippen LogP contribution in [-0.4, -0.2) is 42.7 Å². The maximum atomic E-state index is 4.54. The topological polar surface area (TPSA) is 53.1 Å². The monoisotopic (exact) mass is 249 g/mol. The highest BCUT2D eigenvalue weighted by Crippen LogP contribution is 2.20. The molecule has 1 fully saturated rings. The highest BCUT2D eigenvalue weighted by Gasteiger charge is 2.22. The smallest absolute Gasteiger partial charge is 0.134 e. The minimum absolute atomic E-state index is 0.576. The number of hydrogen-bond acceptors (Lipinski definition) is 5. The molecule has 1 aliphatic rings. The minimum atomic E-state index is 0.576. The first kappa shape index (κ1) is 13.1. The van der Waals surface area contributed by atoms with Crippen LogP contribution >= 0.6 is 0 Å². The molecule has 2 heterocycles. The zero-order valence-electron chi connectivity index (χ0n) is 11.5. The molecule has 1 unspecified atom stereocenters. The van der Waals surface area contributed by atoms with Gasteiger partial charge in [0, 0.05) is 31.7 Å². The lowest BCUT2D eigenvalue weighted by atomic mass is 10.3. The summed E-state index contributed by atoms with van der Waals surface area (Å²) >= 11 is 0. The van der Waals surface area contributed by atoms with Gasteiger partial charge in [-0.1, -0.05) is 6.92 Å². The van der Waals surface area contributed by atoms with E-state index in [1.54, 1.807) is 0 Å². The summed E-state index contributed by atoms with van der Waals surface area (Å²) in [5, 5.41) is 6.66. The van der Waals surface area contributed by atoms with Crippen LogP contribution in [0.15, 0.2) is 6.07 Å². The third-order valence-electron chi connectivity index (χ3n) is 3.30. The van der Waals surface area contributed by atoms with Gasteiger partial charge in [0.2, 0.25) is 0 Å². The summed E-state index contributed by atoms with van der Waals surface area (Å²) < 4.78 is 0. The van der Waals surface area contributed by atoms with Crippen LogP contribution in [0.5, 0.6) is 0 Å². The van der Waals surface area contributed by atoms with Crippen LogP contribution in [0.3, 0.4) is 0 Å². The van der Waals surface area contributed by atoms with Gasteiger partial charge in [-0.25, -0.2) is 9.97 Å². The maximum Gasteiger partial charge on any atom is 0.134 e. The Balaban J connectivity index is 2.10. The summed E-state index contributed by atoms with van der Waals surface area (Å²) in [5.41, 5.74) is 0. The van der Waals surface area contributed by atoms with Crippen molar-refractivity contribution in [1.82, 2.24) is 15.3 Å². The van der Waals surface area contributed by atoms with Crippen molar-refractivity contribution in [2.75, 3.05) is 36.9 Å². The maximum absolute atomic E-state index is 4.54. The molecule has 2 rings (SSSR count). The largest absolute Gasteiger partial charge is 0.370 e. The van der Waals surface area contributed by atoms with E-state index in [2.05, 4.69) is 38.5 Å². The first-order valence-electron chi connectivity index (χ1n) is 6.74. The molecule has 5 nitrogen and oxygen atoms in total. The Labute approximate surface area is 109 Å². The summed E-state index contributed by atoms with van der Waals surface area (Å²) in [4.78, 5) is 11.3. The number of aryl methyl sites for hydroxylation is 1. The highest BCUT2D eigenvalue weighted by molar-refractivity contribution is 5.50. The van der Waals surface area contributed by atoms with Crippen LogP contribution in [0.4, 0.5) is 11.6 Å². The predicted molar refractivity (Wildman–Crippen MR) is 75.2 cm³/mol. The Hall–Kier alpha value is -1.36. The number of hydrogen-bond donors (Lipinski definition) is 2. The standard InChI is InChI=1S/C13H23N5/c1-4-6-15-12-8-13(17-10(2)16-12)18-7-5-11(9-18)14-3/h8,11,14H,4-7,9H2,1-3H3,(H,15,16,17). The first-order valence-corrected chi connectivity index (χ1v) is 6.74. The van der Waals surface area contributed by atoms with Crippen LogP contribution in [0, 0.1) is 6.92 Å². The summed E-state index contributed by atoms with van der Waals surface area (Å²) in [6, 6.07) is 2.63. The van der Waals surface area contributed by atoms with Crippen molar-refractivity contribution in [3.05, 3.63) is 11.9 Å². The molecule has 0 aromatic carbocycles. The normalized spacial score (nSPS) is 19.3. The number of rotatable bonds is 5. The highest BCUT2D eigenvalue weighted by atomic mass is 15.2. The summed E-state index contributed by atoms with van der Waals surface area (Å²) in [7, 11) is 2.02. The SMILES string of the molecule is CCCNc1cc(N2CCC(NC)C2)nc(C)n1. The van der Waals surface area contributed by atoms with Crippen molar-refractivity contribution in [2.24, 2.45) is 0 Å². The molecule has 1 aromatic heterocycles. The van der Waals surface area contributed by atoms with E-state index < -0.39 is 0 Å². The van der Waals surface area contributed by atoms with Crippen molar-refractivity contribution >= 4 is 11.6 Å². The van der Waals surface area contributed by atoms with Gasteiger partial charge in [0.15, 0.2) is 0 Å². The van der Waals surface area contributed by atoms with E-state index in [0.717, 1.165) is 43.5 Å². The number of likely N-dealkylation sites (N-methyl/N-ethyl adjacent to an activating group) is 1. The van der Waals surface area contributed by atoms with E-state index in [1.807, 2.05) is 14.0 Å². The molecule has 1 aliphatic heterocycles. The van der Waals surface area contributed by atoms with Crippen LogP contribution in [0.2, 0.25) is 0 Å². The number of nitrogens with zero attached hydrogens (tertiary/aromatic N) is 3. The van der Waals surface area contributed by atoms with Gasteiger partial charge in [0.05, 0.1) is 0 Å². The van der Waals surface area contributed by atoms with Gasteiger partial charge in [-0.2, -0.15) is 0 Å². The molecule has 0 radical (unpaired) electrons. The number of nitrogens with one attached hydrogen (secondary N) is 2. The fourth-order valence-corrected chi connectivity index (χ4v) is 2.26. The number of anilines is 2. The Morgan fingerprint density at radius 3 is 2.94 bits per heavy atom. The van der Waals surface area contributed by atoms with Gasteiger partial charge in [-0.05, 0) is 26.8 Å². The van der Waals surface area contributed by atoms with E-state index >= 15 is 0 Å². The summed E-state index contributed by atoms with van der Waals surface area (Å²) in [6.45, 7) is 7.15. The predicted octanol–water partition coefficient (Wildman–Crippen LogP) is 1.41. The Kier molecular flexibility index (Phi) is 4.36. The van der Waals surface area contributed by atoms with E-state index in [4.69, 9.17) is 0 Å². The van der Waals surface area contributed by atoms with Gasteiger partial charge in [-0.15, -0.1) is 0 Å². The molecule has 0 bridgehead atoms. The second-order valence-electron chi connectivity index (χ2n) is 4.81. The lowest BCUT2D eigenvalue weighted by Crippen LogP contribution is -2.30. The zero-order chi connectivity index (χ0) is 13.0. The van der Waals surface area contributed by atoms with Gasteiger partial charge >= 0.3 is 0 Å². The van der Waals surface area contributed by atoms with E-state index in [-0.39, 0.29) is 0 Å². The quantitative estimate of drug-likeness (QED) is 0.826. The minimum Gasteiger partial charge on any atom is -0.370 e. The molecule has 5 heteroatoms. The van der Waals surface area contributed by atoms with Crippen molar-refractivity contribution in [3.63, 3.8) is 0 Å². The summed E-state index contributed by atoms with van der Waals surface area (Å²) in [5.74, 6) is 2.81. The van der Waals surface area contributed by atoms with Crippen LogP contribution in [-0.2, 0) is 0 Å². The zero-order valence-corrected chi connectivity index (χ0v) is 11.5. The fraction of sp³-hybridized carbons (Fsp3) is 0.692. The van der Waals surface area contributed by atoms with Crippen molar-refractivity contribution < 1.29 is 0 Å². The van der Waals surface area contributed by atoms with E-state index in [1.165, 1.54) is 6.42 Å². The molecular formula is C13H23N5. The molecule has 0 saturated carbocycles. The average Bonchev–Trinajstić information content (AvgIpc) is 2.84. The van der Waals surface area contributed by atoms with Gasteiger partial charge in [0.25, 0.3) is 0 Å². The number of aromatic nitrogens is 2. The van der Waals surface area contributed by atoms with Crippen molar-refractivity contribution in [3.8, 4) is 0 Å². The van der Waals surface area contributed by atoms with Gasteiger partial charge < -0.3 is 15.5 Å². The van der Waals surface area contributed by atoms with E-state index in [0.29, 0.717) is 6.04 Å². The van der Waals surface area contributed by atoms with Crippen LogP contribution in [0.1, 0.15) is 25.6 Å². The second kappa shape index (κ2) is 6.00. The lowest BCUT2D eigenvalue weighted by Gasteiger charge is -2.18.